The van der Waals surface area contributed by atoms with Crippen LogP contribution in [0.3, 0.4) is 0 Å². The molecule has 0 bridgehead atoms. The molecule has 0 spiro atoms. The Labute approximate surface area is 103 Å². The van der Waals surface area contributed by atoms with Crippen LogP contribution in [0, 0.1) is 20.8 Å². The van der Waals surface area contributed by atoms with Crippen molar-refractivity contribution < 1.29 is 4.74 Å². The number of rotatable bonds is 2. The Hall–Kier alpha value is -0.900. The van der Waals surface area contributed by atoms with Crippen molar-refractivity contribution in [2.24, 2.45) is 5.73 Å². The fourth-order valence-corrected chi connectivity index (χ4v) is 2.38. The lowest BCUT2D eigenvalue weighted by molar-refractivity contribution is 0.0684. The van der Waals surface area contributed by atoms with Gasteiger partial charge in [-0.3, -0.25) is 0 Å². The van der Waals surface area contributed by atoms with Crippen LogP contribution in [0.2, 0.25) is 0 Å². The van der Waals surface area contributed by atoms with Crippen molar-refractivity contribution in [3.63, 3.8) is 0 Å². The molecule has 2 rings (SSSR count). The summed E-state index contributed by atoms with van der Waals surface area (Å²) in [5.74, 6) is 0. The quantitative estimate of drug-likeness (QED) is 0.817. The largest absolute Gasteiger partial charge is 0.378 e. The minimum atomic E-state index is 0.00889. The molecule has 1 heterocycles. The molecule has 3 heteroatoms. The number of aryl methyl sites for hydroxylation is 3. The number of ether oxygens (including phenoxy) is 1. The van der Waals surface area contributed by atoms with Crippen LogP contribution in [0.5, 0.6) is 0 Å². The maximum absolute atomic E-state index is 6.35. The molecule has 3 nitrogen and oxygen atoms in total. The van der Waals surface area contributed by atoms with Crippen LogP contribution in [0.25, 0.3) is 0 Å². The second-order valence-corrected chi connectivity index (χ2v) is 4.95. The molecule has 1 fully saturated rings. The second kappa shape index (κ2) is 5.17. The van der Waals surface area contributed by atoms with Gasteiger partial charge in [-0.2, -0.15) is 0 Å². The van der Waals surface area contributed by atoms with Gasteiger partial charge in [0.05, 0.1) is 13.2 Å². The topological polar surface area (TPSA) is 47.3 Å². The van der Waals surface area contributed by atoms with Gasteiger partial charge in [-0.15, -0.1) is 0 Å². The Balaban J connectivity index is 2.23. The van der Waals surface area contributed by atoms with Crippen LogP contribution in [0.1, 0.15) is 28.3 Å². The highest BCUT2D eigenvalue weighted by Gasteiger charge is 2.23. The van der Waals surface area contributed by atoms with Crippen LogP contribution >= 0.6 is 0 Å². The van der Waals surface area contributed by atoms with E-state index >= 15 is 0 Å². The Morgan fingerprint density at radius 1 is 1.24 bits per heavy atom. The van der Waals surface area contributed by atoms with E-state index in [9.17, 15) is 0 Å². The SMILES string of the molecule is Cc1cc(C)c(C(N)C2COCCN2)cc1C. The first-order valence-electron chi connectivity index (χ1n) is 6.24. The molecule has 1 aliphatic rings. The van der Waals surface area contributed by atoms with E-state index in [1.54, 1.807) is 0 Å². The molecule has 1 aliphatic heterocycles. The first-order chi connectivity index (χ1) is 8.09. The number of benzene rings is 1. The molecule has 0 aromatic heterocycles. The normalized spacial score (nSPS) is 22.5. The number of hydrogen-bond acceptors (Lipinski definition) is 3. The smallest absolute Gasteiger partial charge is 0.0638 e. The molecule has 1 saturated heterocycles. The number of nitrogens with two attached hydrogens (primary N) is 1. The first kappa shape index (κ1) is 12.6. The van der Waals surface area contributed by atoms with Crippen LogP contribution in [0.4, 0.5) is 0 Å². The third-order valence-electron chi connectivity index (χ3n) is 3.63. The van der Waals surface area contributed by atoms with Gasteiger partial charge in [-0.05, 0) is 43.0 Å². The molecular weight excluding hydrogens is 212 g/mol. The standard InChI is InChI=1S/C14H22N2O/c1-9-6-11(3)12(7-10(9)2)14(15)13-8-17-5-4-16-13/h6-7,13-14,16H,4-5,8,15H2,1-3H3. The fraction of sp³-hybridized carbons (Fsp3) is 0.571. The first-order valence-corrected chi connectivity index (χ1v) is 6.24. The van der Waals surface area contributed by atoms with Gasteiger partial charge in [0, 0.05) is 18.6 Å². The molecule has 3 N–H and O–H groups in total. The Morgan fingerprint density at radius 2 is 1.94 bits per heavy atom. The molecule has 0 radical (unpaired) electrons. The minimum absolute atomic E-state index is 0.00889. The summed E-state index contributed by atoms with van der Waals surface area (Å²) in [6.45, 7) is 8.78. The summed E-state index contributed by atoms with van der Waals surface area (Å²) in [5.41, 5.74) is 11.5. The second-order valence-electron chi connectivity index (χ2n) is 4.95. The molecular formula is C14H22N2O. The number of hydrogen-bond donors (Lipinski definition) is 2. The van der Waals surface area contributed by atoms with Gasteiger partial charge in [-0.1, -0.05) is 12.1 Å². The minimum Gasteiger partial charge on any atom is -0.378 e. The molecule has 1 aromatic carbocycles. The Morgan fingerprint density at radius 3 is 2.59 bits per heavy atom. The molecule has 0 aliphatic carbocycles. The highest BCUT2D eigenvalue weighted by atomic mass is 16.5. The van der Waals surface area contributed by atoms with E-state index in [-0.39, 0.29) is 12.1 Å². The van der Waals surface area contributed by atoms with Gasteiger partial charge in [0.2, 0.25) is 0 Å². The summed E-state index contributed by atoms with van der Waals surface area (Å²) in [4.78, 5) is 0. The molecule has 17 heavy (non-hydrogen) atoms. The van der Waals surface area contributed by atoms with Gasteiger partial charge in [0.15, 0.2) is 0 Å². The summed E-state index contributed by atoms with van der Waals surface area (Å²) < 4.78 is 5.48. The summed E-state index contributed by atoms with van der Waals surface area (Å²) in [5, 5.41) is 3.43. The average molecular weight is 234 g/mol. The number of morpholine rings is 1. The predicted molar refractivity (Wildman–Crippen MR) is 70.2 cm³/mol. The van der Waals surface area contributed by atoms with E-state index in [0.29, 0.717) is 6.61 Å². The van der Waals surface area contributed by atoms with Crippen LogP contribution in [-0.2, 0) is 4.74 Å². The van der Waals surface area contributed by atoms with E-state index < -0.39 is 0 Å². The maximum atomic E-state index is 6.35. The summed E-state index contributed by atoms with van der Waals surface area (Å²) >= 11 is 0. The van der Waals surface area contributed by atoms with Crippen molar-refractivity contribution in [2.45, 2.75) is 32.9 Å². The molecule has 0 amide bonds. The van der Waals surface area contributed by atoms with Gasteiger partial charge in [0.25, 0.3) is 0 Å². The maximum Gasteiger partial charge on any atom is 0.0638 e. The van der Waals surface area contributed by atoms with Crippen molar-refractivity contribution in [3.05, 3.63) is 34.4 Å². The van der Waals surface area contributed by atoms with Crippen molar-refractivity contribution in [3.8, 4) is 0 Å². The van der Waals surface area contributed by atoms with E-state index in [1.165, 1.54) is 22.3 Å². The zero-order valence-corrected chi connectivity index (χ0v) is 10.9. The molecule has 94 valence electrons. The average Bonchev–Trinajstić information content (AvgIpc) is 2.34. The zero-order valence-electron chi connectivity index (χ0n) is 10.9. The van der Waals surface area contributed by atoms with Crippen molar-refractivity contribution in [2.75, 3.05) is 19.8 Å². The highest BCUT2D eigenvalue weighted by molar-refractivity contribution is 5.38. The van der Waals surface area contributed by atoms with Crippen molar-refractivity contribution in [1.29, 1.82) is 0 Å². The molecule has 2 atom stereocenters. The van der Waals surface area contributed by atoms with E-state index in [4.69, 9.17) is 10.5 Å². The van der Waals surface area contributed by atoms with Crippen LogP contribution in [0.15, 0.2) is 12.1 Å². The lowest BCUT2D eigenvalue weighted by atomic mass is 9.92. The third-order valence-corrected chi connectivity index (χ3v) is 3.63. The highest BCUT2D eigenvalue weighted by Crippen LogP contribution is 2.23. The fourth-order valence-electron chi connectivity index (χ4n) is 2.38. The van der Waals surface area contributed by atoms with E-state index in [0.717, 1.165) is 13.2 Å². The predicted octanol–water partition coefficient (Wildman–Crippen LogP) is 1.60. The Bertz CT molecular complexity index is 397. The van der Waals surface area contributed by atoms with Gasteiger partial charge in [0.1, 0.15) is 0 Å². The van der Waals surface area contributed by atoms with E-state index in [1.807, 2.05) is 0 Å². The Kier molecular flexibility index (Phi) is 3.82. The monoisotopic (exact) mass is 234 g/mol. The summed E-state index contributed by atoms with van der Waals surface area (Å²) in [6, 6.07) is 4.67. The lowest BCUT2D eigenvalue weighted by Gasteiger charge is -2.30. The van der Waals surface area contributed by atoms with Crippen LogP contribution < -0.4 is 11.1 Å². The molecule has 2 unspecified atom stereocenters. The lowest BCUT2D eigenvalue weighted by Crippen LogP contribution is -2.47. The molecule has 0 saturated carbocycles. The summed E-state index contributed by atoms with van der Waals surface area (Å²) in [7, 11) is 0. The molecule has 1 aromatic rings. The number of nitrogens with one attached hydrogen (secondary N) is 1. The third kappa shape index (κ3) is 2.68. The summed E-state index contributed by atoms with van der Waals surface area (Å²) in [6.07, 6.45) is 0. The van der Waals surface area contributed by atoms with Crippen molar-refractivity contribution in [1.82, 2.24) is 5.32 Å². The van der Waals surface area contributed by atoms with Gasteiger partial charge >= 0.3 is 0 Å². The van der Waals surface area contributed by atoms with Gasteiger partial charge < -0.3 is 15.8 Å². The van der Waals surface area contributed by atoms with Gasteiger partial charge in [-0.25, -0.2) is 0 Å². The van der Waals surface area contributed by atoms with Crippen LogP contribution in [-0.4, -0.2) is 25.8 Å². The van der Waals surface area contributed by atoms with Crippen molar-refractivity contribution >= 4 is 0 Å². The zero-order chi connectivity index (χ0) is 12.4. The van der Waals surface area contributed by atoms with E-state index in [2.05, 4.69) is 38.2 Å².